The molecule has 2 N–H and O–H groups in total. The number of nitrogens with one attached hydrogen (secondary N) is 2. The molecule has 0 radical (unpaired) electrons. The van der Waals surface area contributed by atoms with E-state index in [2.05, 4.69) is 10.6 Å². The Hall–Kier alpha value is -2.86. The Kier molecular flexibility index (Phi) is 7.25. The normalized spacial score (nSPS) is 15.9. The summed E-state index contributed by atoms with van der Waals surface area (Å²) in [4.78, 5) is 24.2. The zero-order valence-electron chi connectivity index (χ0n) is 16.9. The summed E-state index contributed by atoms with van der Waals surface area (Å²) in [6.45, 7) is 5.41. The predicted molar refractivity (Wildman–Crippen MR) is 112 cm³/mol. The monoisotopic (exact) mass is 396 g/mol. The molecule has 1 saturated heterocycles. The molecular formula is C23H28N2O4. The van der Waals surface area contributed by atoms with Gasteiger partial charge in [-0.05, 0) is 54.8 Å². The van der Waals surface area contributed by atoms with Gasteiger partial charge in [0.1, 0.15) is 12.4 Å². The van der Waals surface area contributed by atoms with Crippen LogP contribution in [0.25, 0.3) is 0 Å². The highest BCUT2D eigenvalue weighted by Gasteiger charge is 2.16. The molecule has 1 fully saturated rings. The summed E-state index contributed by atoms with van der Waals surface area (Å²) in [5.41, 5.74) is 2.21. The molecular weight excluding hydrogens is 368 g/mol. The van der Waals surface area contributed by atoms with E-state index in [-0.39, 0.29) is 23.8 Å². The molecule has 29 heavy (non-hydrogen) atoms. The maximum Gasteiger partial charge on any atom is 0.251 e. The van der Waals surface area contributed by atoms with Crippen molar-refractivity contribution in [1.29, 1.82) is 0 Å². The Bertz CT molecular complexity index is 827. The zero-order valence-corrected chi connectivity index (χ0v) is 16.9. The molecule has 0 aliphatic carbocycles. The molecule has 1 atom stereocenters. The summed E-state index contributed by atoms with van der Waals surface area (Å²) in [6.07, 6.45) is 2.28. The highest BCUT2D eigenvalue weighted by Crippen LogP contribution is 2.17. The van der Waals surface area contributed by atoms with Crippen LogP contribution in [0.2, 0.25) is 0 Å². The molecule has 1 aliphatic rings. The quantitative estimate of drug-likeness (QED) is 0.712. The topological polar surface area (TPSA) is 76.7 Å². The van der Waals surface area contributed by atoms with Crippen LogP contribution in [0, 0.1) is 5.92 Å². The van der Waals surface area contributed by atoms with Crippen molar-refractivity contribution in [2.45, 2.75) is 39.3 Å². The van der Waals surface area contributed by atoms with Crippen molar-refractivity contribution in [2.75, 3.05) is 18.5 Å². The second kappa shape index (κ2) is 10.1. The van der Waals surface area contributed by atoms with E-state index in [1.807, 2.05) is 38.1 Å². The van der Waals surface area contributed by atoms with Crippen molar-refractivity contribution in [3.63, 3.8) is 0 Å². The van der Waals surface area contributed by atoms with Gasteiger partial charge in [0.15, 0.2) is 0 Å². The van der Waals surface area contributed by atoms with Crippen LogP contribution in [-0.2, 0) is 16.1 Å². The number of anilines is 1. The van der Waals surface area contributed by atoms with Gasteiger partial charge in [-0.3, -0.25) is 9.59 Å². The van der Waals surface area contributed by atoms with Crippen LogP contribution in [0.15, 0.2) is 48.5 Å². The highest BCUT2D eigenvalue weighted by molar-refractivity contribution is 5.94. The lowest BCUT2D eigenvalue weighted by atomic mass is 10.1. The standard InChI is InChI=1S/C23H28N2O4/c1-16(2)22(26)25-19-6-3-5-17(13-19)14-24-23(27)18-8-10-20(11-9-18)29-15-21-7-4-12-28-21/h3,5-6,8-11,13,16,21H,4,7,12,14-15H2,1-2H3,(H,24,27)(H,25,26). The van der Waals surface area contributed by atoms with Gasteiger partial charge < -0.3 is 20.1 Å². The van der Waals surface area contributed by atoms with Gasteiger partial charge in [0, 0.05) is 30.3 Å². The largest absolute Gasteiger partial charge is 0.491 e. The molecule has 0 saturated carbocycles. The Morgan fingerprint density at radius 3 is 2.66 bits per heavy atom. The van der Waals surface area contributed by atoms with E-state index in [9.17, 15) is 9.59 Å². The van der Waals surface area contributed by atoms with Gasteiger partial charge in [0.05, 0.1) is 6.10 Å². The molecule has 3 rings (SSSR count). The maximum atomic E-state index is 12.4. The predicted octanol–water partition coefficient (Wildman–Crippen LogP) is 3.77. The van der Waals surface area contributed by atoms with Crippen LogP contribution in [0.1, 0.15) is 42.6 Å². The van der Waals surface area contributed by atoms with Crippen LogP contribution >= 0.6 is 0 Å². The van der Waals surface area contributed by atoms with E-state index in [4.69, 9.17) is 9.47 Å². The van der Waals surface area contributed by atoms with Gasteiger partial charge in [-0.25, -0.2) is 0 Å². The number of benzene rings is 2. The van der Waals surface area contributed by atoms with Crippen LogP contribution in [0.3, 0.4) is 0 Å². The lowest BCUT2D eigenvalue weighted by Crippen LogP contribution is -2.23. The van der Waals surface area contributed by atoms with Gasteiger partial charge in [-0.1, -0.05) is 26.0 Å². The number of hydrogen-bond donors (Lipinski definition) is 2. The molecule has 2 amide bonds. The minimum atomic E-state index is -0.160. The first-order valence-corrected chi connectivity index (χ1v) is 10.0. The minimum Gasteiger partial charge on any atom is -0.491 e. The van der Waals surface area contributed by atoms with Crippen LogP contribution < -0.4 is 15.4 Å². The fourth-order valence-corrected chi connectivity index (χ4v) is 3.00. The molecule has 1 unspecified atom stereocenters. The smallest absolute Gasteiger partial charge is 0.251 e. The number of hydrogen-bond acceptors (Lipinski definition) is 4. The molecule has 1 heterocycles. The third-order valence-electron chi connectivity index (χ3n) is 4.75. The van der Waals surface area contributed by atoms with Crippen LogP contribution in [0.4, 0.5) is 5.69 Å². The van der Waals surface area contributed by atoms with Gasteiger partial charge >= 0.3 is 0 Å². The highest BCUT2D eigenvalue weighted by atomic mass is 16.5. The number of rotatable bonds is 8. The summed E-state index contributed by atoms with van der Waals surface area (Å²) in [5.74, 6) is 0.446. The molecule has 0 aromatic heterocycles. The number of ether oxygens (including phenoxy) is 2. The summed E-state index contributed by atoms with van der Waals surface area (Å²) in [6, 6.07) is 14.6. The lowest BCUT2D eigenvalue weighted by Gasteiger charge is -2.12. The molecule has 2 aromatic carbocycles. The van der Waals surface area contributed by atoms with Gasteiger partial charge in [-0.2, -0.15) is 0 Å². The molecule has 1 aliphatic heterocycles. The average molecular weight is 396 g/mol. The molecule has 154 valence electrons. The summed E-state index contributed by atoms with van der Waals surface area (Å²) >= 11 is 0. The number of carbonyl (C=O) groups excluding carboxylic acids is 2. The maximum absolute atomic E-state index is 12.4. The molecule has 6 nitrogen and oxygen atoms in total. The van der Waals surface area contributed by atoms with Crippen LogP contribution in [-0.4, -0.2) is 31.1 Å². The van der Waals surface area contributed by atoms with Gasteiger partial charge in [0.2, 0.25) is 5.91 Å². The Morgan fingerprint density at radius 2 is 1.97 bits per heavy atom. The van der Waals surface area contributed by atoms with E-state index in [0.29, 0.717) is 18.7 Å². The van der Waals surface area contributed by atoms with E-state index in [1.54, 1.807) is 24.3 Å². The summed E-state index contributed by atoms with van der Waals surface area (Å²) < 4.78 is 11.3. The fraction of sp³-hybridized carbons (Fsp3) is 0.391. The second-order valence-electron chi connectivity index (χ2n) is 7.50. The van der Waals surface area contributed by atoms with E-state index in [1.165, 1.54) is 0 Å². The SMILES string of the molecule is CC(C)C(=O)Nc1cccc(CNC(=O)c2ccc(OCC3CCCO3)cc2)c1. The lowest BCUT2D eigenvalue weighted by molar-refractivity contribution is -0.118. The van der Waals surface area contributed by atoms with Crippen molar-refractivity contribution in [3.05, 3.63) is 59.7 Å². The summed E-state index contributed by atoms with van der Waals surface area (Å²) in [5, 5.41) is 5.77. The number of carbonyl (C=O) groups is 2. The van der Waals surface area contributed by atoms with Crippen molar-refractivity contribution in [3.8, 4) is 5.75 Å². The minimum absolute atomic E-state index is 0.0343. The van der Waals surface area contributed by atoms with Crippen molar-refractivity contribution >= 4 is 17.5 Å². The zero-order chi connectivity index (χ0) is 20.6. The third kappa shape index (κ3) is 6.32. The fourth-order valence-electron chi connectivity index (χ4n) is 3.00. The Morgan fingerprint density at radius 1 is 1.17 bits per heavy atom. The Balaban J connectivity index is 1.49. The van der Waals surface area contributed by atoms with Crippen LogP contribution in [0.5, 0.6) is 5.75 Å². The first kappa shape index (κ1) is 20.9. The summed E-state index contributed by atoms with van der Waals surface area (Å²) in [7, 11) is 0. The second-order valence-corrected chi connectivity index (χ2v) is 7.50. The van der Waals surface area contributed by atoms with Crippen molar-refractivity contribution < 1.29 is 19.1 Å². The first-order chi connectivity index (χ1) is 14.0. The van der Waals surface area contributed by atoms with Gasteiger partial charge in [-0.15, -0.1) is 0 Å². The van der Waals surface area contributed by atoms with Crippen molar-refractivity contribution in [1.82, 2.24) is 5.32 Å². The number of amides is 2. The van der Waals surface area contributed by atoms with E-state index < -0.39 is 0 Å². The van der Waals surface area contributed by atoms with Gasteiger partial charge in [0.25, 0.3) is 5.91 Å². The third-order valence-corrected chi connectivity index (χ3v) is 4.75. The molecule has 0 bridgehead atoms. The molecule has 2 aromatic rings. The Labute approximate surface area is 171 Å². The first-order valence-electron chi connectivity index (χ1n) is 10.0. The molecule has 0 spiro atoms. The van der Waals surface area contributed by atoms with Crippen molar-refractivity contribution in [2.24, 2.45) is 5.92 Å². The van der Waals surface area contributed by atoms with E-state index in [0.717, 1.165) is 36.4 Å². The molecule has 6 heteroatoms. The average Bonchev–Trinajstić information content (AvgIpc) is 3.25. The van der Waals surface area contributed by atoms with E-state index >= 15 is 0 Å².